The summed E-state index contributed by atoms with van der Waals surface area (Å²) in [4.78, 5) is 48.0. The molecule has 0 spiro atoms. The third kappa shape index (κ3) is 5.25. The van der Waals surface area contributed by atoms with Gasteiger partial charge in [0, 0.05) is 90.0 Å². The van der Waals surface area contributed by atoms with Gasteiger partial charge in [0.2, 0.25) is 0 Å². The summed E-state index contributed by atoms with van der Waals surface area (Å²) in [5.74, 6) is 0.210. The zero-order valence-electron chi connectivity index (χ0n) is 25.6. The fourth-order valence-electron chi connectivity index (χ4n) is 8.78. The van der Waals surface area contributed by atoms with E-state index in [4.69, 9.17) is 9.47 Å². The highest BCUT2D eigenvalue weighted by atomic mass is 16.5. The zero-order chi connectivity index (χ0) is 30.7. The van der Waals surface area contributed by atoms with Gasteiger partial charge in [0.1, 0.15) is 18.0 Å². The molecule has 2 aromatic carbocycles. The number of hydrogen-bond acceptors (Lipinski definition) is 7. The molecule has 9 heteroatoms. The van der Waals surface area contributed by atoms with Crippen molar-refractivity contribution in [3.05, 3.63) is 72.1 Å². The van der Waals surface area contributed by atoms with Crippen molar-refractivity contribution in [2.24, 2.45) is 5.92 Å². The second kappa shape index (κ2) is 11.4. The number of H-pyrrole nitrogens is 2. The Morgan fingerprint density at radius 1 is 0.689 bits per heavy atom. The number of piperidine rings is 5. The fraction of sp³-hybridized carbons (Fsp3) is 0.472. The Kier molecular flexibility index (Phi) is 7.25. The van der Waals surface area contributed by atoms with Crippen molar-refractivity contribution in [1.29, 1.82) is 0 Å². The number of ether oxygens (including phenoxy) is 2. The maximum absolute atomic E-state index is 12.6. The lowest BCUT2D eigenvalue weighted by atomic mass is 9.72. The van der Waals surface area contributed by atoms with Crippen LogP contribution in [0.15, 0.2) is 60.9 Å². The number of hydrogen-bond donors (Lipinski definition) is 2. The lowest BCUT2D eigenvalue weighted by Gasteiger charge is -2.54. The molecule has 6 bridgehead atoms. The van der Waals surface area contributed by atoms with Crippen LogP contribution < -0.4 is 0 Å². The number of ketones is 1. The Labute approximate surface area is 262 Å². The van der Waals surface area contributed by atoms with Gasteiger partial charge in [-0.1, -0.05) is 36.4 Å². The zero-order valence-corrected chi connectivity index (χ0v) is 25.6. The molecule has 1 unspecified atom stereocenters. The summed E-state index contributed by atoms with van der Waals surface area (Å²) >= 11 is 0. The van der Waals surface area contributed by atoms with E-state index < -0.39 is 0 Å². The quantitative estimate of drug-likeness (QED) is 0.296. The molecule has 0 aliphatic carbocycles. The van der Waals surface area contributed by atoms with E-state index in [0.29, 0.717) is 47.6 Å². The number of carbonyl (C=O) groups excluding carboxylic acids is 3. The van der Waals surface area contributed by atoms with Crippen LogP contribution in [0.5, 0.6) is 0 Å². The molecule has 10 rings (SSSR count). The van der Waals surface area contributed by atoms with Gasteiger partial charge in [-0.05, 0) is 44.9 Å². The van der Waals surface area contributed by atoms with E-state index in [1.54, 1.807) is 12.4 Å². The van der Waals surface area contributed by atoms with Gasteiger partial charge in [-0.3, -0.25) is 9.69 Å². The van der Waals surface area contributed by atoms with Crippen LogP contribution in [-0.2, 0) is 14.3 Å². The average molecular weight is 609 g/mol. The summed E-state index contributed by atoms with van der Waals surface area (Å²) in [5.41, 5.74) is 3.19. The van der Waals surface area contributed by atoms with Crippen LogP contribution in [-0.4, -0.2) is 87.5 Å². The third-order valence-corrected chi connectivity index (χ3v) is 11.1. The van der Waals surface area contributed by atoms with E-state index in [9.17, 15) is 14.4 Å². The van der Waals surface area contributed by atoms with E-state index >= 15 is 0 Å². The van der Waals surface area contributed by atoms with E-state index in [1.165, 1.54) is 12.8 Å². The van der Waals surface area contributed by atoms with Crippen molar-refractivity contribution < 1.29 is 23.9 Å². The Morgan fingerprint density at radius 2 is 1.16 bits per heavy atom. The Morgan fingerprint density at radius 3 is 1.64 bits per heavy atom. The Bertz CT molecular complexity index is 1730. The highest BCUT2D eigenvalue weighted by Crippen LogP contribution is 2.42. The second-order valence-corrected chi connectivity index (χ2v) is 13.7. The Hall–Kier alpha value is -3.95. The van der Waals surface area contributed by atoms with E-state index in [2.05, 4.69) is 26.8 Å². The van der Waals surface area contributed by atoms with Gasteiger partial charge in [-0.25, -0.2) is 9.59 Å². The summed E-state index contributed by atoms with van der Waals surface area (Å²) in [6.45, 7) is 0.600. The second-order valence-electron chi connectivity index (χ2n) is 13.7. The normalized spacial score (nSPS) is 31.9. The lowest BCUT2D eigenvalue weighted by Crippen LogP contribution is -2.63. The molecule has 8 atom stereocenters. The van der Waals surface area contributed by atoms with Crippen molar-refractivity contribution in [2.75, 3.05) is 13.6 Å². The number of rotatable bonds is 4. The first-order chi connectivity index (χ1) is 21.9. The molecule has 2 N–H and O–H groups in total. The number of esters is 2. The van der Waals surface area contributed by atoms with E-state index in [1.807, 2.05) is 48.5 Å². The molecule has 8 heterocycles. The smallest absolute Gasteiger partial charge is 0.340 e. The van der Waals surface area contributed by atoms with Gasteiger partial charge < -0.3 is 24.3 Å². The summed E-state index contributed by atoms with van der Waals surface area (Å²) in [6.07, 6.45) is 11.5. The maximum Gasteiger partial charge on any atom is 0.340 e. The number of benzene rings is 2. The van der Waals surface area contributed by atoms with Crippen LogP contribution in [0.25, 0.3) is 21.8 Å². The molecule has 234 valence electrons. The van der Waals surface area contributed by atoms with Gasteiger partial charge in [0.05, 0.1) is 17.7 Å². The minimum Gasteiger partial charge on any atom is -0.459 e. The molecule has 0 amide bonds. The molecule has 6 fully saturated rings. The molecule has 45 heavy (non-hydrogen) atoms. The predicted molar refractivity (Wildman–Crippen MR) is 170 cm³/mol. The highest BCUT2D eigenvalue weighted by molar-refractivity contribution is 6.04. The van der Waals surface area contributed by atoms with Gasteiger partial charge in [0.15, 0.2) is 0 Å². The molecule has 6 saturated heterocycles. The van der Waals surface area contributed by atoms with Crippen LogP contribution in [0.4, 0.5) is 0 Å². The first kappa shape index (κ1) is 28.5. The first-order valence-corrected chi connectivity index (χ1v) is 16.5. The minimum absolute atomic E-state index is 0.0356. The standard InChI is InChI=1S/C19H20N2O3.C17H20N2O2/c22-18-10-21-12-5-11(18)6-13(21)8-14(7-12)24-19(23)16-9-20-17-4-2-1-3-15(16)17;1-19-11-6-7-12(19)9-13(8-11)21-17(20)15-10-18-16-5-3-2-4-14(15)16/h1-4,9,11-14,20H,5-8,10H2;2-5,10-13,18H,6-9H2,1H3/t11-,12+,13-,14-;11-,12+,13+. The number of fused-ring (bicyclic) bond motifs is 5. The monoisotopic (exact) mass is 608 g/mol. The molecule has 6 aliphatic rings. The van der Waals surface area contributed by atoms with Crippen LogP contribution in [0.1, 0.15) is 72.1 Å². The fourth-order valence-corrected chi connectivity index (χ4v) is 8.78. The van der Waals surface area contributed by atoms with Crippen LogP contribution in [0, 0.1) is 5.92 Å². The van der Waals surface area contributed by atoms with Gasteiger partial charge in [-0.15, -0.1) is 0 Å². The SMILES string of the molecule is CN1[C@@H]2CC[C@H]1C[C@@H](OC(=O)c1c[nH]c3ccccc13)C2.O=C(O[C@@H]1C[C@@H]2C[C@@H]3C[C@H](C1)N2CC3=O)c1c[nH]c2ccccc12. The molecule has 0 saturated carbocycles. The van der Waals surface area contributed by atoms with Gasteiger partial charge in [0.25, 0.3) is 0 Å². The van der Waals surface area contributed by atoms with Crippen molar-refractivity contribution >= 4 is 39.5 Å². The minimum atomic E-state index is -0.242. The van der Waals surface area contributed by atoms with Crippen LogP contribution in [0.3, 0.4) is 0 Å². The van der Waals surface area contributed by atoms with Crippen LogP contribution >= 0.6 is 0 Å². The number of nitrogens with zero attached hydrogens (tertiary/aromatic N) is 2. The van der Waals surface area contributed by atoms with Crippen molar-refractivity contribution in [3.63, 3.8) is 0 Å². The van der Waals surface area contributed by atoms with Crippen molar-refractivity contribution in [1.82, 2.24) is 19.8 Å². The van der Waals surface area contributed by atoms with Gasteiger partial charge >= 0.3 is 11.9 Å². The maximum atomic E-state index is 12.6. The molecular weight excluding hydrogens is 568 g/mol. The molecule has 2 aromatic heterocycles. The average Bonchev–Trinajstić information content (AvgIpc) is 3.71. The molecule has 4 aromatic rings. The molecule has 6 aliphatic heterocycles. The topological polar surface area (TPSA) is 108 Å². The number of nitrogens with one attached hydrogen (secondary N) is 2. The largest absolute Gasteiger partial charge is 0.459 e. The molecule has 0 radical (unpaired) electrons. The van der Waals surface area contributed by atoms with Crippen molar-refractivity contribution in [2.45, 2.75) is 87.7 Å². The first-order valence-electron chi connectivity index (χ1n) is 16.5. The van der Waals surface area contributed by atoms with Gasteiger partial charge in [-0.2, -0.15) is 0 Å². The number of para-hydroxylation sites is 2. The molecular formula is C36H40N4O5. The highest BCUT2D eigenvalue weighted by Gasteiger charge is 2.49. The summed E-state index contributed by atoms with van der Waals surface area (Å²) in [5, 5.41) is 1.85. The van der Waals surface area contributed by atoms with Crippen LogP contribution in [0.2, 0.25) is 0 Å². The number of aromatic nitrogens is 2. The lowest BCUT2D eigenvalue weighted by molar-refractivity contribution is -0.145. The number of carbonyl (C=O) groups is 3. The van der Waals surface area contributed by atoms with Crippen molar-refractivity contribution in [3.8, 4) is 0 Å². The Balaban J connectivity index is 0.000000135. The summed E-state index contributed by atoms with van der Waals surface area (Å²) in [7, 11) is 2.19. The number of Topliss-reactive ketones (excluding diaryl/α,β-unsaturated/α-hetero) is 1. The third-order valence-electron chi connectivity index (χ3n) is 11.1. The van der Waals surface area contributed by atoms with E-state index in [0.717, 1.165) is 60.3 Å². The predicted octanol–water partition coefficient (Wildman–Crippen LogP) is 5.47. The summed E-state index contributed by atoms with van der Waals surface area (Å²) < 4.78 is 11.6. The molecule has 9 nitrogen and oxygen atoms in total. The number of aromatic amines is 2. The van der Waals surface area contributed by atoms with E-state index in [-0.39, 0.29) is 30.1 Å². The summed E-state index contributed by atoms with van der Waals surface area (Å²) in [6, 6.07) is 17.6.